The van der Waals surface area contributed by atoms with Gasteiger partial charge in [0.15, 0.2) is 0 Å². The van der Waals surface area contributed by atoms with E-state index >= 15 is 0 Å². The number of nitrogens with one attached hydrogen (secondary N) is 2. The fourth-order valence-electron chi connectivity index (χ4n) is 13.7. The van der Waals surface area contributed by atoms with Crippen LogP contribution in [0.4, 0.5) is 105 Å². The molecule has 7 fully saturated rings. The van der Waals surface area contributed by atoms with Crippen molar-refractivity contribution in [1.29, 1.82) is 0 Å². The number of allylic oxidation sites excluding steroid dienone is 1. The summed E-state index contributed by atoms with van der Waals surface area (Å²) in [6.07, 6.45) is -48.1. The second kappa shape index (κ2) is 39.2. The zero-order chi connectivity index (χ0) is 96.7. The minimum absolute atomic E-state index is 0.0192. The molecule has 0 spiro atoms. The maximum absolute atomic E-state index is 13.3. The molecular weight excluding hydrogens is 1760 g/mol. The average molecular weight is 1840 g/mol. The van der Waals surface area contributed by atoms with Gasteiger partial charge in [-0.15, -0.1) is 0 Å². The van der Waals surface area contributed by atoms with Gasteiger partial charge in [0.1, 0.15) is 53.7 Å². The molecule has 8 aliphatic rings. The number of carbonyl (C=O) groups excluding carboxylic acids is 10. The lowest BCUT2D eigenvalue weighted by atomic mass is 9.84. The van der Waals surface area contributed by atoms with Crippen LogP contribution in [-0.2, 0) is 95.5 Å². The number of nitrogens with two attached hydrogens (primary N) is 1. The third kappa shape index (κ3) is 22.4. The van der Waals surface area contributed by atoms with Gasteiger partial charge in [-0.05, 0) is 65.7 Å². The molecule has 12 atom stereocenters. The number of cyclic esters (lactones) is 5. The van der Waals surface area contributed by atoms with Gasteiger partial charge >= 0.3 is 138 Å². The third-order valence-electron chi connectivity index (χ3n) is 18.9. The molecule has 0 aromatic carbocycles. The van der Waals surface area contributed by atoms with Crippen LogP contribution < -0.4 is 16.4 Å². The van der Waals surface area contributed by atoms with Crippen molar-refractivity contribution in [2.75, 3.05) is 6.54 Å². The van der Waals surface area contributed by atoms with Crippen LogP contribution in [0.15, 0.2) is 36.1 Å². The van der Waals surface area contributed by atoms with E-state index in [9.17, 15) is 172 Å². The van der Waals surface area contributed by atoms with Gasteiger partial charge in [-0.3, -0.25) is 68.0 Å². The molecule has 0 saturated carbocycles. The normalized spacial score (nSPS) is 25.4. The number of carboxylic acid groups (broad SMARTS) is 4. The lowest BCUT2D eigenvalue weighted by Gasteiger charge is -2.38. The van der Waals surface area contributed by atoms with Crippen molar-refractivity contribution in [3.05, 3.63) is 41.7 Å². The lowest BCUT2D eigenvalue weighted by molar-refractivity contribution is -0.395. The fourth-order valence-corrected chi connectivity index (χ4v) is 13.7. The molecule has 0 aromatic rings. The van der Waals surface area contributed by atoms with Gasteiger partial charge in [0.25, 0.3) is 0 Å². The largest absolute Gasteiger partial charge is 0.481 e. The summed E-state index contributed by atoms with van der Waals surface area (Å²) in [7, 11) is 0. The van der Waals surface area contributed by atoms with E-state index in [1.165, 1.54) is 46.0 Å². The number of carbonyl (C=O) groups is 14. The quantitative estimate of drug-likeness (QED) is 0.00982. The second-order valence-corrected chi connectivity index (χ2v) is 28.1. The Labute approximate surface area is 676 Å². The van der Waals surface area contributed by atoms with Gasteiger partial charge in [0.2, 0.25) is 23.4 Å². The summed E-state index contributed by atoms with van der Waals surface area (Å²) in [5.41, 5.74) is -6.94. The van der Waals surface area contributed by atoms with Crippen LogP contribution >= 0.6 is 0 Å². The predicted molar refractivity (Wildman–Crippen MR) is 353 cm³/mol. The Kier molecular flexibility index (Phi) is 34.6. The highest BCUT2D eigenvalue weighted by Gasteiger charge is 2.88. The topological polar surface area (TPSA) is 471 Å². The van der Waals surface area contributed by atoms with Gasteiger partial charge in [-0.2, -0.15) is 110 Å². The van der Waals surface area contributed by atoms with Crippen LogP contribution in [0, 0.1) is 35.5 Å². The van der Waals surface area contributed by atoms with Crippen LogP contribution in [0.1, 0.15) is 134 Å². The van der Waals surface area contributed by atoms with Crippen molar-refractivity contribution in [2.24, 2.45) is 41.2 Å². The summed E-state index contributed by atoms with van der Waals surface area (Å²) in [6, 6.07) is -9.72. The maximum atomic E-state index is 13.3. The number of amides is 3. The van der Waals surface area contributed by atoms with E-state index in [0.717, 1.165) is 12.5 Å². The van der Waals surface area contributed by atoms with Crippen LogP contribution in [0.2, 0.25) is 0 Å². The van der Waals surface area contributed by atoms with E-state index in [-0.39, 0.29) is 68.8 Å². The Balaban J connectivity index is 0.000000497. The molecule has 123 heavy (non-hydrogen) atoms. The number of ketones is 2. The zero-order valence-electron chi connectivity index (χ0n) is 65.3. The number of hydrogen-bond acceptors (Lipinski definition) is 23. The standard InChI is InChI=1S/C13H13F6NO3.C12H11F6N3O4.C12H11F6NO4.C10H15NO4.C8H9F6NO2.C7H10O3.C5H9NO4/c1-4-6-7(5(2)3)9(21)20-8(6)10(22)23-11(20,12(14,15)16)13(17,18)19;1-3-4-6-9(24)25-10(11(13,14)15,12(16,17)18)21(6)8(23)7(20-19)5(2)22;1-3-5-6(4(2)20)8(21)19-7(5)9(22)23-10(19,11(13,14)15)12(16,17)18;1-5(2)7-4-11-9(10(14)15)6(7)3-8(12)13;1-2-3-4-5(16)17-6(15-4,7(9,10)11)8(12,13)14;1-5-4-6(8)10-7(2,3)9-5;6-3(5(9)10)1-2-4(7)8/h6-8H,2,4H2,1,3H3;6H,3-4H2,1-2H3;5-7H,3H2,1-2H3;6-7,9,11H,1,3-4H2,2H3,(H,12,13)(H,14,15);4,15H,2-3H2,1H3;4H,1-3H3;3H,1-2,6H2,(H,7,8)(H,9,10)/t6-,7+,8-;6-;5-,6+,7-;6-,7+,9-;4-;;3-/m00000.0/s1. The Bertz CT molecular complexity index is 3950. The number of rotatable bonds is 18. The molecule has 56 heteroatoms. The summed E-state index contributed by atoms with van der Waals surface area (Å²) in [6.45, 7) is 23.1. The number of esters is 5. The maximum Gasteiger partial charge on any atom is 0.458 e. The Morgan fingerprint density at radius 2 is 0.967 bits per heavy atom. The molecular formula is C67H78F24N8O24. The molecule has 698 valence electrons. The summed E-state index contributed by atoms with van der Waals surface area (Å²) in [4.78, 5) is 158. The number of ether oxygens (including phenoxy) is 6. The van der Waals surface area contributed by atoms with E-state index < -0.39 is 248 Å². The second-order valence-electron chi connectivity index (χ2n) is 28.1. The molecule has 8 heterocycles. The van der Waals surface area contributed by atoms with E-state index in [4.69, 9.17) is 41.2 Å². The molecule has 0 aromatic heterocycles. The number of nitrogens with zero attached hydrogens (tertiary/aromatic N) is 5. The van der Waals surface area contributed by atoms with Crippen LogP contribution in [0.5, 0.6) is 0 Å². The minimum Gasteiger partial charge on any atom is -0.481 e. The van der Waals surface area contributed by atoms with Crippen molar-refractivity contribution in [3.8, 4) is 0 Å². The molecule has 3 amide bonds. The van der Waals surface area contributed by atoms with Gasteiger partial charge in [0.05, 0.1) is 18.4 Å². The first kappa shape index (κ1) is 109. The lowest BCUT2D eigenvalue weighted by Crippen LogP contribution is -2.69. The number of Topliss-reactive ketones (excluding diaryl/α,β-unsaturated/α-hetero) is 2. The van der Waals surface area contributed by atoms with Crippen molar-refractivity contribution in [3.63, 3.8) is 0 Å². The number of hydrogen-bond donors (Lipinski definition) is 7. The third-order valence-corrected chi connectivity index (χ3v) is 18.9. The van der Waals surface area contributed by atoms with Crippen molar-refractivity contribution >= 4 is 88.7 Å². The average Bonchev–Trinajstić information content (AvgIpc) is 1.53. The molecule has 7 saturated heterocycles. The van der Waals surface area contributed by atoms with E-state index in [0.29, 0.717) is 19.2 Å². The Morgan fingerprint density at radius 3 is 1.27 bits per heavy atom. The molecule has 8 aliphatic heterocycles. The first-order valence-electron chi connectivity index (χ1n) is 35.1. The number of halogens is 24. The first-order chi connectivity index (χ1) is 55.4. The molecule has 8 rings (SSSR count). The molecule has 0 aliphatic carbocycles. The monoisotopic (exact) mass is 1830 g/mol. The van der Waals surface area contributed by atoms with E-state index in [1.807, 2.05) is 0 Å². The Morgan fingerprint density at radius 1 is 0.561 bits per heavy atom. The fraction of sp³-hybridized carbons (Fsp3) is 0.687. The minimum atomic E-state index is -6.27. The summed E-state index contributed by atoms with van der Waals surface area (Å²) in [5.74, 6) is -25.2. The van der Waals surface area contributed by atoms with E-state index in [1.54, 1.807) is 27.7 Å². The van der Waals surface area contributed by atoms with E-state index in [2.05, 4.69) is 42.2 Å². The Hall–Kier alpha value is -10.4. The van der Waals surface area contributed by atoms with Gasteiger partial charge in [-0.25, -0.2) is 19.2 Å². The number of fused-ring (bicyclic) bond motifs is 2. The van der Waals surface area contributed by atoms with Gasteiger partial charge in [0, 0.05) is 51.5 Å². The highest BCUT2D eigenvalue weighted by Crippen LogP contribution is 2.60. The van der Waals surface area contributed by atoms with Crippen LogP contribution in [0.25, 0.3) is 5.53 Å². The van der Waals surface area contributed by atoms with Crippen molar-refractivity contribution in [2.45, 2.75) is 248 Å². The summed E-state index contributed by atoms with van der Waals surface area (Å²) >= 11 is 0. The highest BCUT2D eigenvalue weighted by atomic mass is 19.4. The van der Waals surface area contributed by atoms with Gasteiger partial charge < -0.3 is 65.4 Å². The summed E-state index contributed by atoms with van der Waals surface area (Å²) in [5, 5.41) is 37.9. The molecule has 0 radical (unpaired) electrons. The molecule has 0 bridgehead atoms. The van der Waals surface area contributed by atoms with Crippen LogP contribution in [-0.4, -0.2) is 250 Å². The number of aliphatic carboxylic acids is 4. The van der Waals surface area contributed by atoms with Crippen LogP contribution in [0.3, 0.4) is 0 Å². The van der Waals surface area contributed by atoms with Crippen molar-refractivity contribution < 1.29 is 226 Å². The highest BCUT2D eigenvalue weighted by molar-refractivity contribution is 6.63. The molecule has 32 nitrogen and oxygen atoms in total. The first-order valence-corrected chi connectivity index (χ1v) is 35.1. The summed E-state index contributed by atoms with van der Waals surface area (Å²) < 4.78 is 338. The smallest absolute Gasteiger partial charge is 0.458 e. The van der Waals surface area contributed by atoms with Crippen molar-refractivity contribution in [1.82, 2.24) is 25.3 Å². The predicted octanol–water partition coefficient (Wildman–Crippen LogP) is 9.13. The SMILES string of the molecule is C=C(C)[C@H]1C(=O)N2[C@H](C(=O)OC2(C(F)(F)F)C(F)(F)F)[C@H]1CC.C=C(C)[C@H]1CN[C@H](C(=O)O)[C@H]1CC(=O)O.CC1=CC(=O)OC(C)(C)O1.CCC[C@@H]1NC(C(F)(F)F)(C(F)(F)F)OC1=O.CCC[C@H]1C(=O)OC(C(F)(F)F)(C(F)(F)F)N1C(=O)C(=[N+]=[N-])C(C)=O.CC[C@H]1[C@@H](C(C)=O)C(=O)N2[C@@H]1C(=O)OC2(C(F)(F)F)C(F)(F)F.N[C@@H](CCC(=O)O)C(=O)O. The van der Waals surface area contributed by atoms with Gasteiger partial charge in [-0.1, -0.05) is 64.8 Å². The number of alkyl halides is 24. The number of carboxylic acids is 4. The molecule has 0 unspecified atom stereocenters. The zero-order valence-corrected chi connectivity index (χ0v) is 65.3. The molecule has 8 N–H and O–H groups in total.